The molecule has 0 aromatic heterocycles. The zero-order valence-corrected chi connectivity index (χ0v) is 12.5. The maximum atomic E-state index is 6.07. The number of nitrogens with two attached hydrogens (primary N) is 1. The fourth-order valence-electron chi connectivity index (χ4n) is 1.46. The lowest BCUT2D eigenvalue weighted by Crippen LogP contribution is -2.12. The Kier molecular flexibility index (Phi) is 9.36. The Labute approximate surface area is 124 Å². The molecule has 0 saturated heterocycles. The molecule has 0 atom stereocenters. The van der Waals surface area contributed by atoms with Crippen molar-refractivity contribution in [2.75, 3.05) is 46.8 Å². The fraction of sp³-hybridized carbons (Fsp3) is 0.571. The van der Waals surface area contributed by atoms with E-state index in [1.54, 1.807) is 13.2 Å². The first-order valence-corrected chi connectivity index (χ1v) is 6.91. The summed E-state index contributed by atoms with van der Waals surface area (Å²) in [5, 5.41) is 0.566. The highest BCUT2D eigenvalue weighted by molar-refractivity contribution is 6.32. The van der Waals surface area contributed by atoms with Crippen LogP contribution in [0.1, 0.15) is 5.56 Å². The van der Waals surface area contributed by atoms with Crippen LogP contribution in [-0.4, -0.2) is 46.8 Å². The van der Waals surface area contributed by atoms with Gasteiger partial charge in [-0.25, -0.2) is 0 Å². The van der Waals surface area contributed by atoms with Crippen molar-refractivity contribution in [2.45, 2.75) is 6.54 Å². The second-order valence-corrected chi connectivity index (χ2v) is 4.44. The Morgan fingerprint density at radius 3 is 2.25 bits per heavy atom. The standard InChI is InChI=1S/C14H22ClNO4/c1-17-4-5-18-6-7-19-8-9-20-14-3-2-12(11-16)10-13(14)15/h2-3,10H,4-9,11,16H2,1H3. The van der Waals surface area contributed by atoms with Crippen LogP contribution in [0.3, 0.4) is 0 Å². The van der Waals surface area contributed by atoms with Crippen LogP contribution < -0.4 is 10.5 Å². The molecule has 1 rings (SSSR count). The third kappa shape index (κ3) is 7.07. The Bertz CT molecular complexity index is 376. The van der Waals surface area contributed by atoms with Gasteiger partial charge in [-0.05, 0) is 17.7 Å². The number of hydrogen-bond acceptors (Lipinski definition) is 5. The largest absolute Gasteiger partial charge is 0.490 e. The maximum Gasteiger partial charge on any atom is 0.138 e. The molecule has 0 radical (unpaired) electrons. The van der Waals surface area contributed by atoms with Crippen molar-refractivity contribution in [3.05, 3.63) is 28.8 Å². The molecule has 1 aromatic rings. The van der Waals surface area contributed by atoms with Crippen molar-refractivity contribution in [1.82, 2.24) is 0 Å². The van der Waals surface area contributed by atoms with Crippen molar-refractivity contribution in [3.8, 4) is 5.75 Å². The average molecular weight is 304 g/mol. The van der Waals surface area contributed by atoms with E-state index in [9.17, 15) is 0 Å². The summed E-state index contributed by atoms with van der Waals surface area (Å²) in [4.78, 5) is 0. The van der Waals surface area contributed by atoms with Gasteiger partial charge in [0.1, 0.15) is 12.4 Å². The van der Waals surface area contributed by atoms with Crippen LogP contribution in [-0.2, 0) is 20.8 Å². The molecule has 0 saturated carbocycles. The predicted octanol–water partition coefficient (Wildman–Crippen LogP) is 1.86. The highest BCUT2D eigenvalue weighted by Gasteiger charge is 2.02. The minimum absolute atomic E-state index is 0.444. The van der Waals surface area contributed by atoms with Gasteiger partial charge in [-0.2, -0.15) is 0 Å². The van der Waals surface area contributed by atoms with Crippen molar-refractivity contribution in [3.63, 3.8) is 0 Å². The summed E-state index contributed by atoms with van der Waals surface area (Å²) in [5.41, 5.74) is 6.51. The van der Waals surface area contributed by atoms with Crippen LogP contribution in [0.2, 0.25) is 5.02 Å². The third-order valence-electron chi connectivity index (χ3n) is 2.52. The first kappa shape index (κ1) is 17.2. The van der Waals surface area contributed by atoms with Crippen LogP contribution in [0, 0.1) is 0 Å². The molecule has 2 N–H and O–H groups in total. The molecular weight excluding hydrogens is 282 g/mol. The van der Waals surface area contributed by atoms with Gasteiger partial charge in [0.2, 0.25) is 0 Å². The summed E-state index contributed by atoms with van der Waals surface area (Å²) < 4.78 is 21.0. The van der Waals surface area contributed by atoms with Gasteiger partial charge in [-0.15, -0.1) is 0 Å². The van der Waals surface area contributed by atoms with E-state index in [4.69, 9.17) is 36.3 Å². The van der Waals surface area contributed by atoms with Crippen molar-refractivity contribution in [2.24, 2.45) is 5.73 Å². The van der Waals surface area contributed by atoms with Gasteiger partial charge >= 0.3 is 0 Å². The average Bonchev–Trinajstić information content (AvgIpc) is 2.47. The minimum atomic E-state index is 0.444. The van der Waals surface area contributed by atoms with Crippen LogP contribution in [0.15, 0.2) is 18.2 Å². The van der Waals surface area contributed by atoms with E-state index in [2.05, 4.69) is 0 Å². The van der Waals surface area contributed by atoms with Gasteiger partial charge in [0.05, 0.1) is 38.1 Å². The molecule has 0 heterocycles. The normalized spacial score (nSPS) is 10.8. The molecular formula is C14H22ClNO4. The van der Waals surface area contributed by atoms with E-state index in [0.717, 1.165) is 5.56 Å². The van der Waals surface area contributed by atoms with Crippen molar-refractivity contribution in [1.29, 1.82) is 0 Å². The smallest absolute Gasteiger partial charge is 0.138 e. The summed E-state index contributed by atoms with van der Waals surface area (Å²) >= 11 is 6.07. The summed E-state index contributed by atoms with van der Waals surface area (Å²) in [6.07, 6.45) is 0. The Morgan fingerprint density at radius 2 is 1.65 bits per heavy atom. The molecule has 0 unspecified atom stereocenters. The van der Waals surface area contributed by atoms with Crippen LogP contribution >= 0.6 is 11.6 Å². The monoisotopic (exact) mass is 303 g/mol. The van der Waals surface area contributed by atoms with Gasteiger partial charge in [0.25, 0.3) is 0 Å². The van der Waals surface area contributed by atoms with Crippen LogP contribution in [0.25, 0.3) is 0 Å². The molecule has 114 valence electrons. The predicted molar refractivity (Wildman–Crippen MR) is 78.4 cm³/mol. The summed E-state index contributed by atoms with van der Waals surface area (Å²) in [6.45, 7) is 3.66. The summed E-state index contributed by atoms with van der Waals surface area (Å²) in [7, 11) is 1.64. The lowest BCUT2D eigenvalue weighted by atomic mass is 10.2. The molecule has 0 aliphatic heterocycles. The lowest BCUT2D eigenvalue weighted by Gasteiger charge is -2.09. The van der Waals surface area contributed by atoms with Crippen molar-refractivity contribution >= 4 is 11.6 Å². The summed E-state index contributed by atoms with van der Waals surface area (Å²) in [5.74, 6) is 0.642. The Morgan fingerprint density at radius 1 is 1.00 bits per heavy atom. The number of halogens is 1. The highest BCUT2D eigenvalue weighted by Crippen LogP contribution is 2.25. The second-order valence-electron chi connectivity index (χ2n) is 4.03. The van der Waals surface area contributed by atoms with E-state index < -0.39 is 0 Å². The first-order chi connectivity index (χ1) is 9.77. The van der Waals surface area contributed by atoms with Gasteiger partial charge in [-0.1, -0.05) is 17.7 Å². The molecule has 1 aromatic carbocycles. The number of benzene rings is 1. The quantitative estimate of drug-likeness (QED) is 0.632. The Balaban J connectivity index is 2.06. The molecule has 0 spiro atoms. The fourth-order valence-corrected chi connectivity index (χ4v) is 1.72. The number of ether oxygens (including phenoxy) is 4. The van der Waals surface area contributed by atoms with Gasteiger partial charge in [-0.3, -0.25) is 0 Å². The van der Waals surface area contributed by atoms with E-state index in [-0.39, 0.29) is 0 Å². The van der Waals surface area contributed by atoms with E-state index >= 15 is 0 Å². The molecule has 5 nitrogen and oxygen atoms in total. The topological polar surface area (TPSA) is 62.9 Å². The summed E-state index contributed by atoms with van der Waals surface area (Å²) in [6, 6.07) is 5.52. The molecule has 0 aliphatic rings. The molecule has 0 fully saturated rings. The number of hydrogen-bond donors (Lipinski definition) is 1. The van der Waals surface area contributed by atoms with E-state index in [0.29, 0.717) is 57.0 Å². The number of methoxy groups -OCH3 is 1. The third-order valence-corrected chi connectivity index (χ3v) is 2.82. The minimum Gasteiger partial charge on any atom is -0.490 e. The molecule has 0 aliphatic carbocycles. The van der Waals surface area contributed by atoms with Gasteiger partial charge < -0.3 is 24.7 Å². The van der Waals surface area contributed by atoms with Crippen molar-refractivity contribution < 1.29 is 18.9 Å². The second kappa shape index (κ2) is 10.9. The molecule has 6 heteroatoms. The number of rotatable bonds is 11. The van der Waals surface area contributed by atoms with Gasteiger partial charge in [0.15, 0.2) is 0 Å². The first-order valence-electron chi connectivity index (χ1n) is 6.53. The SMILES string of the molecule is COCCOCCOCCOc1ccc(CN)cc1Cl. The maximum absolute atomic E-state index is 6.07. The lowest BCUT2D eigenvalue weighted by molar-refractivity contribution is 0.0180. The highest BCUT2D eigenvalue weighted by atomic mass is 35.5. The zero-order valence-electron chi connectivity index (χ0n) is 11.8. The molecule has 0 amide bonds. The van der Waals surface area contributed by atoms with E-state index in [1.165, 1.54) is 0 Å². The Hall–Kier alpha value is -0.850. The van der Waals surface area contributed by atoms with E-state index in [1.807, 2.05) is 12.1 Å². The molecule has 20 heavy (non-hydrogen) atoms. The molecule has 0 bridgehead atoms. The zero-order chi connectivity index (χ0) is 14.6. The van der Waals surface area contributed by atoms with Crippen LogP contribution in [0.4, 0.5) is 0 Å². The van der Waals surface area contributed by atoms with Gasteiger partial charge in [0, 0.05) is 13.7 Å². The van der Waals surface area contributed by atoms with Crippen LogP contribution in [0.5, 0.6) is 5.75 Å².